The maximum absolute atomic E-state index is 12.1. The zero-order valence-electron chi connectivity index (χ0n) is 10.7. The fourth-order valence-corrected chi connectivity index (χ4v) is 3.21. The van der Waals surface area contributed by atoms with E-state index in [2.05, 4.69) is 20.4 Å². The van der Waals surface area contributed by atoms with E-state index >= 15 is 0 Å². The topological polar surface area (TPSA) is 72.7 Å². The van der Waals surface area contributed by atoms with Crippen LogP contribution in [0.5, 0.6) is 0 Å². The Bertz CT molecular complexity index is 553. The van der Waals surface area contributed by atoms with Crippen molar-refractivity contribution >= 4 is 22.4 Å². The molecule has 1 atom stereocenters. The summed E-state index contributed by atoms with van der Waals surface area (Å²) in [6.45, 7) is 1.79. The van der Waals surface area contributed by atoms with Crippen LogP contribution in [0.4, 0.5) is 5.13 Å². The molecule has 100 valence electrons. The Morgan fingerprint density at radius 1 is 1.47 bits per heavy atom. The Balaban J connectivity index is 1.71. The van der Waals surface area contributed by atoms with Gasteiger partial charge in [0.2, 0.25) is 0 Å². The maximum Gasteiger partial charge on any atom is 0.250 e. The Morgan fingerprint density at radius 2 is 2.32 bits per heavy atom. The Labute approximate surface area is 114 Å². The summed E-state index contributed by atoms with van der Waals surface area (Å²) >= 11 is 1.59. The number of thiazole rings is 1. The molecular weight excluding hydrogens is 262 g/mol. The van der Waals surface area contributed by atoms with Crippen molar-refractivity contribution in [2.75, 3.05) is 5.32 Å². The van der Waals surface area contributed by atoms with Crippen LogP contribution in [0.2, 0.25) is 0 Å². The number of fused-ring (bicyclic) bond motifs is 1. The molecule has 3 rings (SSSR count). The van der Waals surface area contributed by atoms with Crippen LogP contribution in [-0.2, 0) is 17.6 Å². The van der Waals surface area contributed by atoms with Gasteiger partial charge >= 0.3 is 0 Å². The van der Waals surface area contributed by atoms with Crippen LogP contribution in [0.15, 0.2) is 12.7 Å². The van der Waals surface area contributed by atoms with E-state index in [0.29, 0.717) is 5.13 Å². The second kappa shape index (κ2) is 5.08. The van der Waals surface area contributed by atoms with E-state index in [4.69, 9.17) is 0 Å². The van der Waals surface area contributed by atoms with Gasteiger partial charge in [-0.1, -0.05) is 0 Å². The molecule has 19 heavy (non-hydrogen) atoms. The summed E-state index contributed by atoms with van der Waals surface area (Å²) in [5.41, 5.74) is 1.15. The van der Waals surface area contributed by atoms with Gasteiger partial charge in [0.1, 0.15) is 18.7 Å². The molecule has 1 aliphatic rings. The second-order valence-electron chi connectivity index (χ2n) is 4.64. The van der Waals surface area contributed by atoms with E-state index in [9.17, 15) is 4.79 Å². The van der Waals surface area contributed by atoms with Crippen molar-refractivity contribution in [3.8, 4) is 0 Å². The minimum Gasteiger partial charge on any atom is -0.300 e. The van der Waals surface area contributed by atoms with E-state index in [1.165, 1.54) is 35.1 Å². The predicted molar refractivity (Wildman–Crippen MR) is 72.1 cm³/mol. The molecule has 0 aromatic carbocycles. The number of anilines is 1. The molecule has 1 amide bonds. The van der Waals surface area contributed by atoms with E-state index < -0.39 is 0 Å². The zero-order valence-corrected chi connectivity index (χ0v) is 11.5. The molecule has 2 aromatic heterocycles. The first kappa shape index (κ1) is 12.3. The molecule has 7 heteroatoms. The van der Waals surface area contributed by atoms with Gasteiger partial charge in [-0.25, -0.2) is 14.6 Å². The smallest absolute Gasteiger partial charge is 0.250 e. The number of carbonyl (C=O) groups excluding carboxylic acids is 1. The number of carbonyl (C=O) groups is 1. The summed E-state index contributed by atoms with van der Waals surface area (Å²) in [5.74, 6) is -0.114. The number of nitrogens with zero attached hydrogens (tertiary/aromatic N) is 4. The van der Waals surface area contributed by atoms with Crippen molar-refractivity contribution in [2.24, 2.45) is 0 Å². The lowest BCUT2D eigenvalue weighted by molar-refractivity contribution is -0.119. The molecule has 0 radical (unpaired) electrons. The summed E-state index contributed by atoms with van der Waals surface area (Å²) in [4.78, 5) is 21.7. The zero-order chi connectivity index (χ0) is 13.2. The van der Waals surface area contributed by atoms with Crippen LogP contribution in [0.1, 0.15) is 36.4 Å². The van der Waals surface area contributed by atoms with Crippen molar-refractivity contribution in [2.45, 2.75) is 38.6 Å². The molecule has 6 nitrogen and oxygen atoms in total. The normalized spacial score (nSPS) is 15.8. The third-order valence-corrected chi connectivity index (χ3v) is 4.36. The molecule has 0 bridgehead atoms. The van der Waals surface area contributed by atoms with Crippen molar-refractivity contribution in [3.05, 3.63) is 23.2 Å². The second-order valence-corrected chi connectivity index (χ2v) is 5.72. The van der Waals surface area contributed by atoms with Crippen LogP contribution in [0, 0.1) is 0 Å². The van der Waals surface area contributed by atoms with Gasteiger partial charge in [0.15, 0.2) is 5.13 Å². The summed E-state index contributed by atoms with van der Waals surface area (Å²) < 4.78 is 1.53. The van der Waals surface area contributed by atoms with Gasteiger partial charge in [0.25, 0.3) is 5.91 Å². The molecule has 0 saturated heterocycles. The monoisotopic (exact) mass is 277 g/mol. The minimum atomic E-state index is -0.386. The van der Waals surface area contributed by atoms with E-state index in [0.717, 1.165) is 18.5 Å². The maximum atomic E-state index is 12.1. The van der Waals surface area contributed by atoms with Crippen LogP contribution >= 0.6 is 11.3 Å². The molecule has 0 saturated carbocycles. The number of nitrogens with one attached hydrogen (secondary N) is 1. The average molecular weight is 277 g/mol. The molecule has 2 heterocycles. The Morgan fingerprint density at radius 3 is 3.05 bits per heavy atom. The molecular formula is C12H15N5OS. The minimum absolute atomic E-state index is 0.114. The molecule has 1 N–H and O–H groups in total. The van der Waals surface area contributed by atoms with Gasteiger partial charge in [-0.05, 0) is 32.6 Å². The van der Waals surface area contributed by atoms with Crippen molar-refractivity contribution in [1.29, 1.82) is 0 Å². The van der Waals surface area contributed by atoms with Gasteiger partial charge in [-0.2, -0.15) is 5.10 Å². The van der Waals surface area contributed by atoms with Crippen LogP contribution < -0.4 is 5.32 Å². The molecule has 0 aliphatic heterocycles. The first-order valence-corrected chi connectivity index (χ1v) is 7.19. The van der Waals surface area contributed by atoms with Gasteiger partial charge in [0.05, 0.1) is 5.69 Å². The first-order chi connectivity index (χ1) is 9.24. The van der Waals surface area contributed by atoms with Crippen molar-refractivity contribution in [1.82, 2.24) is 19.7 Å². The van der Waals surface area contributed by atoms with E-state index in [1.807, 2.05) is 0 Å². The van der Waals surface area contributed by atoms with Crippen LogP contribution in [0.3, 0.4) is 0 Å². The molecule has 0 spiro atoms. The average Bonchev–Trinajstić information content (AvgIpc) is 3.06. The SMILES string of the molecule is C[C@@H](C(=O)Nc1nc2c(s1)CCCC2)n1cncn1. The van der Waals surface area contributed by atoms with Gasteiger partial charge in [-0.3, -0.25) is 4.79 Å². The highest BCUT2D eigenvalue weighted by Crippen LogP contribution is 2.29. The summed E-state index contributed by atoms with van der Waals surface area (Å²) in [5, 5.41) is 7.54. The third-order valence-electron chi connectivity index (χ3n) is 3.29. The number of hydrogen-bond acceptors (Lipinski definition) is 5. The lowest BCUT2D eigenvalue weighted by Gasteiger charge is -2.09. The van der Waals surface area contributed by atoms with Gasteiger partial charge in [0, 0.05) is 4.88 Å². The van der Waals surface area contributed by atoms with E-state index in [-0.39, 0.29) is 11.9 Å². The Hall–Kier alpha value is -1.76. The third kappa shape index (κ3) is 2.51. The van der Waals surface area contributed by atoms with Crippen LogP contribution in [0.25, 0.3) is 0 Å². The lowest BCUT2D eigenvalue weighted by Crippen LogP contribution is -2.23. The summed E-state index contributed by atoms with van der Waals surface area (Å²) in [6, 6.07) is -0.386. The van der Waals surface area contributed by atoms with Gasteiger partial charge < -0.3 is 5.32 Å². The van der Waals surface area contributed by atoms with Crippen molar-refractivity contribution in [3.63, 3.8) is 0 Å². The highest BCUT2D eigenvalue weighted by molar-refractivity contribution is 7.15. The fourth-order valence-electron chi connectivity index (χ4n) is 2.15. The first-order valence-electron chi connectivity index (χ1n) is 6.37. The predicted octanol–water partition coefficient (Wildman–Crippen LogP) is 1.81. The molecule has 2 aromatic rings. The van der Waals surface area contributed by atoms with Crippen molar-refractivity contribution < 1.29 is 4.79 Å². The van der Waals surface area contributed by atoms with Gasteiger partial charge in [-0.15, -0.1) is 11.3 Å². The quantitative estimate of drug-likeness (QED) is 0.928. The highest BCUT2D eigenvalue weighted by atomic mass is 32.1. The highest BCUT2D eigenvalue weighted by Gasteiger charge is 2.19. The number of rotatable bonds is 3. The summed E-state index contributed by atoms with van der Waals surface area (Å²) in [7, 11) is 0. The Kier molecular flexibility index (Phi) is 3.29. The fraction of sp³-hybridized carbons (Fsp3) is 0.500. The summed E-state index contributed by atoms with van der Waals surface area (Å²) in [6.07, 6.45) is 7.49. The number of amides is 1. The molecule has 1 aliphatic carbocycles. The number of aromatic nitrogens is 4. The van der Waals surface area contributed by atoms with Crippen LogP contribution in [-0.4, -0.2) is 25.7 Å². The standard InChI is InChI=1S/C12H15N5OS/c1-8(17-7-13-6-14-17)11(18)16-12-15-9-4-2-3-5-10(9)19-12/h6-8H,2-5H2,1H3,(H,15,16,18)/t8-/m0/s1. The lowest BCUT2D eigenvalue weighted by atomic mass is 10.0. The number of aryl methyl sites for hydroxylation is 2. The molecule has 0 unspecified atom stereocenters. The number of hydrogen-bond donors (Lipinski definition) is 1. The van der Waals surface area contributed by atoms with E-state index in [1.54, 1.807) is 18.3 Å². The molecule has 0 fully saturated rings. The largest absolute Gasteiger partial charge is 0.300 e.